The van der Waals surface area contributed by atoms with Crippen molar-refractivity contribution < 1.29 is 14.4 Å². The summed E-state index contributed by atoms with van der Waals surface area (Å²) in [6.45, 7) is 1.49. The monoisotopic (exact) mass is 328 g/mol. The van der Waals surface area contributed by atoms with Gasteiger partial charge < -0.3 is 22.1 Å². The number of carbonyl (C=O) groups is 3. The third kappa shape index (κ3) is 4.01. The van der Waals surface area contributed by atoms with Crippen molar-refractivity contribution >= 4 is 39.9 Å². The second kappa shape index (κ2) is 7.45. The van der Waals surface area contributed by atoms with Crippen molar-refractivity contribution in [2.24, 2.45) is 5.73 Å². The van der Waals surface area contributed by atoms with Crippen molar-refractivity contribution in [1.29, 1.82) is 0 Å². The number of primary amides is 1. The molecular weight excluding hydrogens is 308 g/mol. The van der Waals surface area contributed by atoms with E-state index in [1.807, 2.05) is 24.3 Å². The molecule has 0 aliphatic rings. The number of carbonyl (C=O) groups excluding carboxylic acids is 3. The topological polar surface area (TPSA) is 127 Å². The molecule has 0 saturated carbocycles. The smallest absolute Gasteiger partial charge is 0.236 e. The van der Waals surface area contributed by atoms with E-state index in [4.69, 9.17) is 11.5 Å². The van der Waals surface area contributed by atoms with Gasteiger partial charge in [-0.1, -0.05) is 31.2 Å². The lowest BCUT2D eigenvalue weighted by atomic mass is 9.98. The summed E-state index contributed by atoms with van der Waals surface area (Å²) >= 11 is 0. The minimum Gasteiger partial charge on any atom is -0.397 e. The molecule has 0 aliphatic heterocycles. The van der Waals surface area contributed by atoms with Crippen molar-refractivity contribution in [2.45, 2.75) is 19.8 Å². The Morgan fingerprint density at radius 2 is 1.83 bits per heavy atom. The van der Waals surface area contributed by atoms with Gasteiger partial charge in [0.15, 0.2) is 0 Å². The van der Waals surface area contributed by atoms with Gasteiger partial charge in [-0.15, -0.1) is 0 Å². The fraction of sp³-hybridized carbons (Fsp3) is 0.235. The lowest BCUT2D eigenvalue weighted by Crippen LogP contribution is -2.34. The van der Waals surface area contributed by atoms with Crippen LogP contribution in [-0.2, 0) is 20.8 Å². The summed E-state index contributed by atoms with van der Waals surface area (Å²) in [6.07, 6.45) is 0.262. The molecule has 0 atom stereocenters. The fourth-order valence-electron chi connectivity index (χ4n) is 2.41. The normalized spacial score (nSPS) is 10.4. The summed E-state index contributed by atoms with van der Waals surface area (Å²) in [5.74, 6) is -1.20. The Bertz CT molecular complexity index is 802. The van der Waals surface area contributed by atoms with Crippen molar-refractivity contribution in [1.82, 2.24) is 5.32 Å². The van der Waals surface area contributed by atoms with Gasteiger partial charge in [-0.25, -0.2) is 0 Å². The van der Waals surface area contributed by atoms with Crippen LogP contribution in [0.3, 0.4) is 0 Å². The highest BCUT2D eigenvalue weighted by molar-refractivity contribution is 6.04. The second-order valence-electron chi connectivity index (χ2n) is 5.36. The van der Waals surface area contributed by atoms with Crippen LogP contribution >= 0.6 is 0 Å². The van der Waals surface area contributed by atoms with E-state index < -0.39 is 5.91 Å². The van der Waals surface area contributed by atoms with Crippen molar-refractivity contribution in [3.8, 4) is 0 Å². The molecule has 2 aromatic rings. The molecule has 0 bridgehead atoms. The molecule has 0 aliphatic carbocycles. The maximum Gasteiger partial charge on any atom is 0.236 e. The summed E-state index contributed by atoms with van der Waals surface area (Å²) in [7, 11) is 0. The first-order chi connectivity index (χ1) is 11.4. The molecule has 0 spiro atoms. The van der Waals surface area contributed by atoms with Gasteiger partial charge in [0, 0.05) is 6.42 Å². The van der Waals surface area contributed by atoms with E-state index in [0.717, 1.165) is 10.8 Å². The Labute approximate surface area is 139 Å². The molecule has 2 aromatic carbocycles. The zero-order valence-electron chi connectivity index (χ0n) is 13.4. The second-order valence-corrected chi connectivity index (χ2v) is 5.36. The van der Waals surface area contributed by atoms with Crippen molar-refractivity contribution in [3.05, 3.63) is 35.9 Å². The van der Waals surface area contributed by atoms with E-state index >= 15 is 0 Å². The molecule has 2 rings (SSSR count). The quantitative estimate of drug-likeness (QED) is 0.588. The van der Waals surface area contributed by atoms with Crippen LogP contribution in [0, 0.1) is 0 Å². The minimum atomic E-state index is -0.625. The molecule has 0 unspecified atom stereocenters. The molecule has 7 nitrogen and oxygen atoms in total. The Balaban J connectivity index is 2.46. The average Bonchev–Trinajstić information content (AvgIpc) is 2.55. The number of anilines is 2. The predicted molar refractivity (Wildman–Crippen MR) is 93.2 cm³/mol. The zero-order valence-corrected chi connectivity index (χ0v) is 13.4. The Morgan fingerprint density at radius 1 is 1.12 bits per heavy atom. The number of hydrogen-bond donors (Lipinski definition) is 4. The SMILES string of the molecule is CCC(=O)Nc1c(N)cc2ccccc2c1CC(=O)NCC(N)=O. The highest BCUT2D eigenvalue weighted by atomic mass is 16.2. The van der Waals surface area contributed by atoms with Crippen molar-refractivity contribution in [2.75, 3.05) is 17.6 Å². The third-order valence-corrected chi connectivity index (χ3v) is 3.57. The van der Waals surface area contributed by atoms with Crippen LogP contribution in [-0.4, -0.2) is 24.3 Å². The van der Waals surface area contributed by atoms with Crippen LogP contribution in [0.4, 0.5) is 11.4 Å². The van der Waals surface area contributed by atoms with Crippen LogP contribution in [0.15, 0.2) is 30.3 Å². The van der Waals surface area contributed by atoms with Crippen LogP contribution in [0.25, 0.3) is 10.8 Å². The Morgan fingerprint density at radius 3 is 2.50 bits per heavy atom. The number of fused-ring (bicyclic) bond motifs is 1. The van der Waals surface area contributed by atoms with Gasteiger partial charge in [0.2, 0.25) is 17.7 Å². The first-order valence-corrected chi connectivity index (χ1v) is 7.57. The average molecular weight is 328 g/mol. The number of rotatable bonds is 6. The number of benzene rings is 2. The van der Waals surface area contributed by atoms with Gasteiger partial charge in [-0.05, 0) is 22.4 Å². The number of amides is 3. The van der Waals surface area contributed by atoms with Crippen LogP contribution in [0.2, 0.25) is 0 Å². The number of nitrogens with one attached hydrogen (secondary N) is 2. The number of nitrogens with two attached hydrogens (primary N) is 2. The first kappa shape index (κ1) is 17.3. The molecule has 24 heavy (non-hydrogen) atoms. The molecule has 0 saturated heterocycles. The summed E-state index contributed by atoms with van der Waals surface area (Å²) in [6, 6.07) is 9.19. The molecule has 6 N–H and O–H groups in total. The standard InChI is InChI=1S/C17H20N4O3/c1-2-15(23)21-17-12(8-16(24)20-9-14(19)22)11-6-4-3-5-10(11)7-13(17)18/h3-7H,2,8-9,18H2,1H3,(H2,19,22)(H,20,24)(H,21,23). The van der Waals surface area contributed by atoms with Crippen LogP contribution in [0.1, 0.15) is 18.9 Å². The van der Waals surface area contributed by atoms with Crippen LogP contribution < -0.4 is 22.1 Å². The Hall–Kier alpha value is -3.09. The summed E-state index contributed by atoms with van der Waals surface area (Å²) < 4.78 is 0. The first-order valence-electron chi connectivity index (χ1n) is 7.57. The highest BCUT2D eigenvalue weighted by Gasteiger charge is 2.16. The summed E-state index contributed by atoms with van der Waals surface area (Å²) in [5, 5.41) is 6.87. The molecule has 0 heterocycles. The van der Waals surface area contributed by atoms with E-state index in [1.165, 1.54) is 0 Å². The third-order valence-electron chi connectivity index (χ3n) is 3.57. The Kier molecular flexibility index (Phi) is 5.36. The lowest BCUT2D eigenvalue weighted by Gasteiger charge is -2.16. The van der Waals surface area contributed by atoms with E-state index in [9.17, 15) is 14.4 Å². The van der Waals surface area contributed by atoms with Gasteiger partial charge in [-0.2, -0.15) is 0 Å². The van der Waals surface area contributed by atoms with E-state index in [2.05, 4.69) is 10.6 Å². The van der Waals surface area contributed by atoms with Crippen molar-refractivity contribution in [3.63, 3.8) is 0 Å². The minimum absolute atomic E-state index is 0.0296. The molecular formula is C17H20N4O3. The molecule has 0 radical (unpaired) electrons. The van der Waals surface area contributed by atoms with Crippen LogP contribution in [0.5, 0.6) is 0 Å². The number of hydrogen-bond acceptors (Lipinski definition) is 4. The molecule has 7 heteroatoms. The van der Waals surface area contributed by atoms with Gasteiger partial charge >= 0.3 is 0 Å². The molecule has 0 aromatic heterocycles. The predicted octanol–water partition coefficient (Wildman–Crippen LogP) is 0.915. The summed E-state index contributed by atoms with van der Waals surface area (Å²) in [4.78, 5) is 34.7. The van der Waals surface area contributed by atoms with Gasteiger partial charge in [0.1, 0.15) is 0 Å². The zero-order chi connectivity index (χ0) is 17.7. The highest BCUT2D eigenvalue weighted by Crippen LogP contribution is 2.32. The summed E-state index contributed by atoms with van der Waals surface area (Å²) in [5.41, 5.74) is 12.5. The van der Waals surface area contributed by atoms with E-state index in [1.54, 1.807) is 13.0 Å². The molecule has 126 valence electrons. The van der Waals surface area contributed by atoms with E-state index in [0.29, 0.717) is 23.4 Å². The largest absolute Gasteiger partial charge is 0.397 e. The maximum atomic E-state index is 12.1. The van der Waals surface area contributed by atoms with Gasteiger partial charge in [0.25, 0.3) is 0 Å². The molecule has 3 amide bonds. The molecule has 0 fully saturated rings. The maximum absolute atomic E-state index is 12.1. The lowest BCUT2D eigenvalue weighted by molar-refractivity contribution is -0.124. The number of nitrogen functional groups attached to an aromatic ring is 1. The van der Waals surface area contributed by atoms with Gasteiger partial charge in [0.05, 0.1) is 24.3 Å². The fourth-order valence-corrected chi connectivity index (χ4v) is 2.41. The van der Waals surface area contributed by atoms with Gasteiger partial charge in [-0.3, -0.25) is 14.4 Å². The van der Waals surface area contributed by atoms with E-state index in [-0.39, 0.29) is 24.8 Å².